The Morgan fingerprint density at radius 3 is 2.40 bits per heavy atom. The van der Waals surface area contributed by atoms with Gasteiger partial charge in [0.15, 0.2) is 0 Å². The van der Waals surface area contributed by atoms with Crippen molar-refractivity contribution in [1.82, 2.24) is 10.2 Å². The van der Waals surface area contributed by atoms with Crippen LogP contribution in [0.3, 0.4) is 0 Å². The summed E-state index contributed by atoms with van der Waals surface area (Å²) in [5.74, 6) is -0.192. The van der Waals surface area contributed by atoms with Crippen molar-refractivity contribution in [3.8, 4) is 0 Å². The number of carbonyl (C=O) groups is 1. The molecular formula is C20H24ClN3O. The van der Waals surface area contributed by atoms with Crippen molar-refractivity contribution in [2.45, 2.75) is 32.4 Å². The van der Waals surface area contributed by atoms with Crippen LogP contribution in [0.1, 0.15) is 40.7 Å². The number of nitrogens with two attached hydrogens (primary N) is 1. The highest BCUT2D eigenvalue weighted by molar-refractivity contribution is 6.34. The van der Waals surface area contributed by atoms with Crippen LogP contribution in [0.25, 0.3) is 0 Å². The smallest absolute Gasteiger partial charge is 0.253 e. The van der Waals surface area contributed by atoms with E-state index in [4.69, 9.17) is 17.3 Å². The normalized spacial score (nSPS) is 15.1. The second-order valence-corrected chi connectivity index (χ2v) is 6.98. The lowest BCUT2D eigenvalue weighted by atomic mass is 10.1. The molecule has 25 heavy (non-hydrogen) atoms. The molecular weight excluding hydrogens is 334 g/mol. The topological polar surface area (TPSA) is 58.4 Å². The maximum Gasteiger partial charge on any atom is 0.253 e. The Kier molecular flexibility index (Phi) is 5.95. The summed E-state index contributed by atoms with van der Waals surface area (Å²) in [4.78, 5) is 14.7. The molecule has 0 aromatic heterocycles. The first-order valence-corrected chi connectivity index (χ1v) is 9.13. The lowest BCUT2D eigenvalue weighted by Crippen LogP contribution is -2.29. The zero-order valence-electron chi connectivity index (χ0n) is 14.3. The molecule has 0 aliphatic carbocycles. The third-order valence-electron chi connectivity index (χ3n) is 4.57. The summed E-state index contributed by atoms with van der Waals surface area (Å²) in [5.41, 5.74) is 9.03. The molecule has 3 N–H and O–H groups in total. The summed E-state index contributed by atoms with van der Waals surface area (Å²) in [6.07, 6.45) is 3.96. The molecule has 0 saturated carbocycles. The summed E-state index contributed by atoms with van der Waals surface area (Å²) in [6.45, 7) is 3.87. The van der Waals surface area contributed by atoms with Crippen LogP contribution >= 0.6 is 11.6 Å². The summed E-state index contributed by atoms with van der Waals surface area (Å²) in [7, 11) is 0. The molecule has 2 aromatic carbocycles. The zero-order chi connectivity index (χ0) is 17.6. The molecule has 4 nitrogen and oxygen atoms in total. The Balaban J connectivity index is 1.53. The van der Waals surface area contributed by atoms with E-state index in [0.717, 1.165) is 12.1 Å². The fourth-order valence-electron chi connectivity index (χ4n) is 3.13. The van der Waals surface area contributed by atoms with Crippen LogP contribution in [-0.4, -0.2) is 23.9 Å². The molecule has 0 atom stereocenters. The number of carbonyl (C=O) groups excluding carboxylic acids is 1. The van der Waals surface area contributed by atoms with Gasteiger partial charge in [0.25, 0.3) is 5.91 Å². The summed E-state index contributed by atoms with van der Waals surface area (Å²) in [5, 5.41) is 3.27. The highest BCUT2D eigenvalue weighted by Gasteiger charge is 2.11. The predicted molar refractivity (Wildman–Crippen MR) is 103 cm³/mol. The van der Waals surface area contributed by atoms with Gasteiger partial charge in [0.2, 0.25) is 0 Å². The lowest BCUT2D eigenvalue weighted by molar-refractivity contribution is 0.0951. The molecule has 3 rings (SSSR count). The van der Waals surface area contributed by atoms with E-state index in [1.54, 1.807) is 18.2 Å². The van der Waals surface area contributed by atoms with Gasteiger partial charge in [-0.15, -0.1) is 0 Å². The number of rotatable bonds is 5. The minimum atomic E-state index is -0.192. The first-order valence-electron chi connectivity index (χ1n) is 8.75. The summed E-state index contributed by atoms with van der Waals surface area (Å²) in [6, 6.07) is 13.4. The Morgan fingerprint density at radius 1 is 1.04 bits per heavy atom. The van der Waals surface area contributed by atoms with E-state index >= 15 is 0 Å². The number of hydrogen-bond acceptors (Lipinski definition) is 3. The second-order valence-electron chi connectivity index (χ2n) is 6.58. The molecule has 132 valence electrons. The third-order valence-corrected chi connectivity index (χ3v) is 4.88. The van der Waals surface area contributed by atoms with Crippen molar-refractivity contribution in [2.75, 3.05) is 18.8 Å². The standard InChI is InChI=1S/C20H24ClN3O/c21-19-12-17(22)8-9-18(19)20(25)23-13-15-4-6-16(7-5-15)14-24-10-2-1-3-11-24/h4-9,12H,1-3,10-11,13-14,22H2,(H,23,25). The van der Waals surface area contributed by atoms with Gasteiger partial charge in [-0.1, -0.05) is 42.3 Å². The lowest BCUT2D eigenvalue weighted by Gasteiger charge is -2.26. The fourth-order valence-corrected chi connectivity index (χ4v) is 3.41. The number of benzene rings is 2. The third kappa shape index (κ3) is 4.97. The van der Waals surface area contributed by atoms with Crippen LogP contribution in [0.15, 0.2) is 42.5 Å². The molecule has 1 aliphatic rings. The largest absolute Gasteiger partial charge is 0.399 e. The summed E-state index contributed by atoms with van der Waals surface area (Å²) >= 11 is 6.07. The van der Waals surface area contributed by atoms with E-state index in [1.807, 2.05) is 0 Å². The molecule has 1 heterocycles. The Morgan fingerprint density at radius 2 is 1.72 bits per heavy atom. The highest BCUT2D eigenvalue weighted by Crippen LogP contribution is 2.19. The zero-order valence-corrected chi connectivity index (χ0v) is 15.1. The van der Waals surface area contributed by atoms with E-state index in [-0.39, 0.29) is 5.91 Å². The van der Waals surface area contributed by atoms with Gasteiger partial charge in [0.05, 0.1) is 10.6 Å². The van der Waals surface area contributed by atoms with E-state index in [9.17, 15) is 4.79 Å². The maximum absolute atomic E-state index is 12.2. The van der Waals surface area contributed by atoms with Gasteiger partial charge in [-0.3, -0.25) is 9.69 Å². The molecule has 0 spiro atoms. The number of halogens is 1. The van der Waals surface area contributed by atoms with Crippen LogP contribution in [0.5, 0.6) is 0 Å². The van der Waals surface area contributed by atoms with E-state index in [0.29, 0.717) is 22.8 Å². The Hall–Kier alpha value is -2.04. The number of piperidine rings is 1. The molecule has 2 aromatic rings. The van der Waals surface area contributed by atoms with Crippen molar-refractivity contribution in [3.63, 3.8) is 0 Å². The van der Waals surface area contributed by atoms with Gasteiger partial charge in [0.1, 0.15) is 0 Å². The molecule has 1 fully saturated rings. The number of likely N-dealkylation sites (tertiary alicyclic amines) is 1. The van der Waals surface area contributed by atoms with Crippen LogP contribution in [-0.2, 0) is 13.1 Å². The molecule has 5 heteroatoms. The average Bonchev–Trinajstić information content (AvgIpc) is 2.62. The van der Waals surface area contributed by atoms with Crippen molar-refractivity contribution in [1.29, 1.82) is 0 Å². The number of nitrogen functional groups attached to an aromatic ring is 1. The van der Waals surface area contributed by atoms with E-state index in [1.165, 1.54) is 37.9 Å². The van der Waals surface area contributed by atoms with Crippen molar-refractivity contribution >= 4 is 23.2 Å². The van der Waals surface area contributed by atoms with Gasteiger partial charge in [-0.05, 0) is 55.3 Å². The maximum atomic E-state index is 12.2. The Bertz CT molecular complexity index is 724. The number of amides is 1. The number of anilines is 1. The van der Waals surface area contributed by atoms with Gasteiger partial charge in [0, 0.05) is 18.8 Å². The van der Waals surface area contributed by atoms with Crippen LogP contribution in [0, 0.1) is 0 Å². The molecule has 1 saturated heterocycles. The van der Waals surface area contributed by atoms with Crippen LogP contribution in [0.2, 0.25) is 5.02 Å². The van der Waals surface area contributed by atoms with Crippen molar-refractivity contribution < 1.29 is 4.79 Å². The van der Waals surface area contributed by atoms with Crippen molar-refractivity contribution in [3.05, 3.63) is 64.2 Å². The van der Waals surface area contributed by atoms with Crippen LogP contribution < -0.4 is 11.1 Å². The minimum Gasteiger partial charge on any atom is -0.399 e. The van der Waals surface area contributed by atoms with Gasteiger partial charge in [-0.25, -0.2) is 0 Å². The SMILES string of the molecule is Nc1ccc(C(=O)NCc2ccc(CN3CCCCC3)cc2)c(Cl)c1. The highest BCUT2D eigenvalue weighted by atomic mass is 35.5. The molecule has 0 radical (unpaired) electrons. The van der Waals surface area contributed by atoms with E-state index < -0.39 is 0 Å². The fraction of sp³-hybridized carbons (Fsp3) is 0.350. The van der Waals surface area contributed by atoms with Gasteiger partial charge in [-0.2, -0.15) is 0 Å². The average molecular weight is 358 g/mol. The summed E-state index contributed by atoms with van der Waals surface area (Å²) < 4.78 is 0. The minimum absolute atomic E-state index is 0.192. The predicted octanol–water partition coefficient (Wildman–Crippen LogP) is 3.84. The Labute approximate surface area is 154 Å². The first-order chi connectivity index (χ1) is 12.1. The number of nitrogens with zero attached hydrogens (tertiary/aromatic N) is 1. The van der Waals surface area contributed by atoms with Crippen LogP contribution in [0.4, 0.5) is 5.69 Å². The quantitative estimate of drug-likeness (QED) is 0.799. The number of nitrogens with one attached hydrogen (secondary N) is 1. The van der Waals surface area contributed by atoms with Crippen molar-refractivity contribution in [2.24, 2.45) is 0 Å². The molecule has 0 bridgehead atoms. The molecule has 0 unspecified atom stereocenters. The first kappa shape index (κ1) is 17.8. The van der Waals surface area contributed by atoms with E-state index in [2.05, 4.69) is 34.5 Å². The monoisotopic (exact) mass is 357 g/mol. The van der Waals surface area contributed by atoms with Gasteiger partial charge >= 0.3 is 0 Å². The second kappa shape index (κ2) is 8.37. The molecule has 1 amide bonds. The molecule has 1 aliphatic heterocycles. The number of hydrogen-bond donors (Lipinski definition) is 2. The van der Waals surface area contributed by atoms with Gasteiger partial charge < -0.3 is 11.1 Å².